The monoisotopic (exact) mass is 314 g/mol. The molecule has 122 valence electrons. The Kier molecular flexibility index (Phi) is 6.16. The minimum Gasteiger partial charge on any atom is -0.449 e. The molecule has 1 aromatic carbocycles. The van der Waals surface area contributed by atoms with Crippen LogP contribution < -0.4 is 5.32 Å². The average Bonchev–Trinajstić information content (AvgIpc) is 2.83. The van der Waals surface area contributed by atoms with Gasteiger partial charge in [0, 0.05) is 6.04 Å². The molecule has 0 spiro atoms. The molecule has 1 N–H and O–H groups in total. The Morgan fingerprint density at radius 1 is 1.26 bits per heavy atom. The summed E-state index contributed by atoms with van der Waals surface area (Å²) in [5.41, 5.74) is 0.660. The fraction of sp³-hybridized carbons (Fsp3) is 0.500. The summed E-state index contributed by atoms with van der Waals surface area (Å²) < 4.78 is 5.21. The molecule has 0 aliphatic heterocycles. The van der Waals surface area contributed by atoms with Crippen LogP contribution in [0, 0.1) is 11.3 Å². The van der Waals surface area contributed by atoms with Crippen molar-refractivity contribution in [3.8, 4) is 6.07 Å². The van der Waals surface area contributed by atoms with Gasteiger partial charge in [-0.1, -0.05) is 31.7 Å². The van der Waals surface area contributed by atoms with Crippen LogP contribution >= 0.6 is 0 Å². The van der Waals surface area contributed by atoms with Crippen molar-refractivity contribution in [3.63, 3.8) is 0 Å². The number of benzene rings is 1. The third kappa shape index (κ3) is 5.10. The van der Waals surface area contributed by atoms with Gasteiger partial charge >= 0.3 is 5.97 Å². The minimum atomic E-state index is -0.850. The minimum absolute atomic E-state index is 0.174. The molecule has 5 heteroatoms. The maximum absolute atomic E-state index is 12.2. The van der Waals surface area contributed by atoms with Crippen molar-refractivity contribution in [2.45, 2.75) is 57.6 Å². The van der Waals surface area contributed by atoms with E-state index in [2.05, 4.69) is 5.32 Å². The quantitative estimate of drug-likeness (QED) is 0.684. The second kappa shape index (κ2) is 8.33. The van der Waals surface area contributed by atoms with Gasteiger partial charge in [0.25, 0.3) is 5.91 Å². The lowest BCUT2D eigenvalue weighted by atomic mass is 10.1. The zero-order chi connectivity index (χ0) is 16.7. The number of nitrogens with one attached hydrogen (secondary N) is 1. The molecule has 0 heterocycles. The number of amides is 1. The molecule has 0 saturated heterocycles. The summed E-state index contributed by atoms with van der Waals surface area (Å²) in [5.74, 6) is -0.854. The Hall–Kier alpha value is -2.35. The molecule has 0 aromatic heterocycles. The van der Waals surface area contributed by atoms with E-state index < -0.39 is 12.1 Å². The third-order valence-electron chi connectivity index (χ3n) is 4.08. The predicted molar refractivity (Wildman–Crippen MR) is 85.7 cm³/mol. The fourth-order valence-electron chi connectivity index (χ4n) is 2.74. The van der Waals surface area contributed by atoms with Crippen molar-refractivity contribution in [2.24, 2.45) is 0 Å². The standard InChI is InChI=1S/C18H22N2O3/c1-13(17(21)20-16-9-4-2-3-5-10-16)23-18(22)15-8-6-7-14(11-15)12-19/h6-8,11,13,16H,2-5,9-10H2,1H3,(H,20,21). The maximum atomic E-state index is 12.2. The van der Waals surface area contributed by atoms with Crippen LogP contribution in [0.15, 0.2) is 24.3 Å². The average molecular weight is 314 g/mol. The number of esters is 1. The van der Waals surface area contributed by atoms with E-state index in [0.717, 1.165) is 25.7 Å². The van der Waals surface area contributed by atoms with Gasteiger partial charge in [-0.25, -0.2) is 4.79 Å². The summed E-state index contributed by atoms with van der Waals surface area (Å²) in [4.78, 5) is 24.2. The van der Waals surface area contributed by atoms with Crippen molar-refractivity contribution in [1.82, 2.24) is 5.32 Å². The molecule has 1 unspecified atom stereocenters. The van der Waals surface area contributed by atoms with Crippen LogP contribution in [-0.4, -0.2) is 24.0 Å². The van der Waals surface area contributed by atoms with Crippen molar-refractivity contribution in [2.75, 3.05) is 0 Å². The maximum Gasteiger partial charge on any atom is 0.338 e. The van der Waals surface area contributed by atoms with Crippen molar-refractivity contribution >= 4 is 11.9 Å². The molecule has 1 aromatic rings. The molecule has 2 rings (SSSR count). The van der Waals surface area contributed by atoms with E-state index >= 15 is 0 Å². The fourth-order valence-corrected chi connectivity index (χ4v) is 2.74. The Labute approximate surface area is 136 Å². The first kappa shape index (κ1) is 17.0. The van der Waals surface area contributed by atoms with Crippen LogP contribution in [0.25, 0.3) is 0 Å². The van der Waals surface area contributed by atoms with Gasteiger partial charge in [0.2, 0.25) is 0 Å². The van der Waals surface area contributed by atoms with Crippen molar-refractivity contribution < 1.29 is 14.3 Å². The number of nitrogens with zero attached hydrogens (tertiary/aromatic N) is 1. The van der Waals surface area contributed by atoms with Crippen molar-refractivity contribution in [3.05, 3.63) is 35.4 Å². The predicted octanol–water partition coefficient (Wildman–Crippen LogP) is 2.94. The molecule has 1 aliphatic rings. The molecule has 1 atom stereocenters. The molecule has 23 heavy (non-hydrogen) atoms. The van der Waals surface area contributed by atoms with Gasteiger partial charge < -0.3 is 10.1 Å². The molecule has 1 amide bonds. The van der Waals surface area contributed by atoms with E-state index in [1.54, 1.807) is 25.1 Å². The number of hydrogen-bond donors (Lipinski definition) is 1. The van der Waals surface area contributed by atoms with Crippen LogP contribution in [0.5, 0.6) is 0 Å². The second-order valence-corrected chi connectivity index (χ2v) is 5.94. The van der Waals surface area contributed by atoms with E-state index in [-0.39, 0.29) is 17.5 Å². The molecule has 5 nitrogen and oxygen atoms in total. The van der Waals surface area contributed by atoms with Gasteiger partial charge in [0.15, 0.2) is 6.10 Å². The van der Waals surface area contributed by atoms with E-state index in [9.17, 15) is 9.59 Å². The van der Waals surface area contributed by atoms with E-state index in [4.69, 9.17) is 10.00 Å². The summed E-state index contributed by atoms with van der Waals surface area (Å²) in [6, 6.07) is 8.40. The molecular formula is C18H22N2O3. The summed E-state index contributed by atoms with van der Waals surface area (Å²) in [6.45, 7) is 1.57. The van der Waals surface area contributed by atoms with Gasteiger partial charge in [-0.05, 0) is 38.0 Å². The van der Waals surface area contributed by atoms with E-state index in [0.29, 0.717) is 5.56 Å². The Morgan fingerprint density at radius 2 is 1.96 bits per heavy atom. The van der Waals surface area contributed by atoms with Crippen LogP contribution in [-0.2, 0) is 9.53 Å². The SMILES string of the molecule is CC(OC(=O)c1cccc(C#N)c1)C(=O)NC1CCCCCC1. The zero-order valence-electron chi connectivity index (χ0n) is 13.4. The summed E-state index contributed by atoms with van der Waals surface area (Å²) in [5, 5.41) is 11.8. The van der Waals surface area contributed by atoms with Crippen molar-refractivity contribution in [1.29, 1.82) is 5.26 Å². The summed E-state index contributed by atoms with van der Waals surface area (Å²) in [6.07, 6.45) is 5.79. The second-order valence-electron chi connectivity index (χ2n) is 5.94. The van der Waals surface area contributed by atoms with Crippen LogP contribution in [0.1, 0.15) is 61.4 Å². The molecule has 1 aliphatic carbocycles. The number of carbonyl (C=O) groups is 2. The first-order valence-corrected chi connectivity index (χ1v) is 8.11. The lowest BCUT2D eigenvalue weighted by Crippen LogP contribution is -2.41. The highest BCUT2D eigenvalue weighted by molar-refractivity contribution is 5.92. The largest absolute Gasteiger partial charge is 0.449 e. The van der Waals surface area contributed by atoms with Crippen LogP contribution in [0.3, 0.4) is 0 Å². The number of nitriles is 1. The molecule has 1 saturated carbocycles. The van der Waals surface area contributed by atoms with Gasteiger partial charge in [0.05, 0.1) is 17.2 Å². The topological polar surface area (TPSA) is 79.2 Å². The van der Waals surface area contributed by atoms with Gasteiger partial charge in [-0.3, -0.25) is 4.79 Å². The Bertz CT molecular complexity index is 599. The van der Waals surface area contributed by atoms with E-state index in [1.807, 2.05) is 6.07 Å². The Morgan fingerprint density at radius 3 is 2.61 bits per heavy atom. The highest BCUT2D eigenvalue weighted by Crippen LogP contribution is 2.17. The molecule has 0 bridgehead atoms. The van der Waals surface area contributed by atoms with Gasteiger partial charge in [-0.2, -0.15) is 5.26 Å². The number of ether oxygens (including phenoxy) is 1. The zero-order valence-corrected chi connectivity index (χ0v) is 13.4. The smallest absolute Gasteiger partial charge is 0.338 e. The highest BCUT2D eigenvalue weighted by Gasteiger charge is 2.22. The summed E-state index contributed by atoms with van der Waals surface area (Å²) >= 11 is 0. The van der Waals surface area contributed by atoms with Gasteiger partial charge in [-0.15, -0.1) is 0 Å². The van der Waals surface area contributed by atoms with Crippen LogP contribution in [0.2, 0.25) is 0 Å². The Balaban J connectivity index is 1.89. The van der Waals surface area contributed by atoms with Gasteiger partial charge in [0.1, 0.15) is 0 Å². The lowest BCUT2D eigenvalue weighted by Gasteiger charge is -2.19. The number of hydrogen-bond acceptors (Lipinski definition) is 4. The lowest BCUT2D eigenvalue weighted by molar-refractivity contribution is -0.129. The van der Waals surface area contributed by atoms with Crippen LogP contribution in [0.4, 0.5) is 0 Å². The highest BCUT2D eigenvalue weighted by atomic mass is 16.5. The first-order chi connectivity index (χ1) is 11.1. The van der Waals surface area contributed by atoms with E-state index in [1.165, 1.54) is 18.9 Å². The third-order valence-corrected chi connectivity index (χ3v) is 4.08. The number of carbonyl (C=O) groups excluding carboxylic acids is 2. The molecule has 1 fully saturated rings. The normalized spacial score (nSPS) is 16.7. The first-order valence-electron chi connectivity index (χ1n) is 8.11. The molecular weight excluding hydrogens is 292 g/mol. The number of rotatable bonds is 4. The summed E-state index contributed by atoms with van der Waals surface area (Å²) in [7, 11) is 0. The molecule has 0 radical (unpaired) electrons.